The van der Waals surface area contributed by atoms with Crippen LogP contribution in [0.3, 0.4) is 0 Å². The number of phenolic OH excluding ortho intramolecular Hbond substituents is 1. The molecule has 2 N–H and O–H groups in total. The van der Waals surface area contributed by atoms with Crippen LogP contribution in [0.4, 0.5) is 0 Å². The summed E-state index contributed by atoms with van der Waals surface area (Å²) >= 11 is 14.1. The largest absolute Gasteiger partial charge is 0.506 e. The summed E-state index contributed by atoms with van der Waals surface area (Å²) < 4.78 is 2.23. The van der Waals surface area contributed by atoms with E-state index in [-0.39, 0.29) is 5.75 Å². The number of nitrogens with zero attached hydrogens (tertiary/aromatic N) is 1. The number of carbonyl (C=O) groups is 1. The van der Waals surface area contributed by atoms with E-state index in [0.29, 0.717) is 19.9 Å². The summed E-state index contributed by atoms with van der Waals surface area (Å²) in [5.41, 5.74) is 2.89. The van der Waals surface area contributed by atoms with Crippen molar-refractivity contribution >= 4 is 77.0 Å². The molecule has 0 aliphatic rings. The fraction of sp³-hybridized carbons (Fsp3) is 0. The van der Waals surface area contributed by atoms with Crippen molar-refractivity contribution in [2.45, 2.75) is 0 Å². The first-order valence-electron chi connectivity index (χ1n) is 6.66. The summed E-state index contributed by atoms with van der Waals surface area (Å²) in [6, 6.07) is 10.9. The third kappa shape index (κ3) is 3.49. The molecule has 0 saturated heterocycles. The minimum Gasteiger partial charge on any atom is -0.506 e. The van der Waals surface area contributed by atoms with Gasteiger partial charge in [0.25, 0.3) is 5.91 Å². The monoisotopic (exact) mass is 486 g/mol. The number of fused-ring (bicyclic) bond motifs is 1. The van der Waals surface area contributed by atoms with Crippen LogP contribution in [0.1, 0.15) is 15.2 Å². The summed E-state index contributed by atoms with van der Waals surface area (Å²) in [6.45, 7) is 0. The van der Waals surface area contributed by atoms with E-state index in [1.807, 2.05) is 24.3 Å². The lowest BCUT2D eigenvalue weighted by Gasteiger charge is -2.03. The minimum absolute atomic E-state index is 0.0380. The molecule has 0 fully saturated rings. The Kier molecular flexibility index (Phi) is 5.24. The molecule has 3 aromatic rings. The quantitative estimate of drug-likeness (QED) is 0.375. The third-order valence-electron chi connectivity index (χ3n) is 3.17. The zero-order valence-electron chi connectivity index (χ0n) is 11.9. The number of halogens is 3. The van der Waals surface area contributed by atoms with Crippen LogP contribution in [-0.2, 0) is 0 Å². The lowest BCUT2D eigenvalue weighted by Crippen LogP contribution is -2.16. The first-order valence-corrected chi connectivity index (χ1v) is 9.44. The summed E-state index contributed by atoms with van der Waals surface area (Å²) in [5, 5.41) is 15.1. The van der Waals surface area contributed by atoms with Crippen LogP contribution >= 0.6 is 54.8 Å². The van der Waals surface area contributed by atoms with Gasteiger partial charge in [-0.2, -0.15) is 5.10 Å². The topological polar surface area (TPSA) is 61.7 Å². The molecular weight excluding hydrogens is 480 g/mol. The van der Waals surface area contributed by atoms with Crippen molar-refractivity contribution < 1.29 is 9.90 Å². The van der Waals surface area contributed by atoms with Gasteiger partial charge in [-0.1, -0.05) is 45.7 Å². The average Bonchev–Trinajstić information content (AvgIpc) is 2.89. The standard InChI is InChI=1S/C16H9Br2ClN2O2S/c17-9-5-8(14(22)11(18)6-9)7-20-21-16(23)15-13(19)10-3-1-2-4-12(10)24-15/h1-7,22H,(H,21,23)/b20-7-. The molecule has 0 saturated carbocycles. The van der Waals surface area contributed by atoms with E-state index in [9.17, 15) is 9.90 Å². The van der Waals surface area contributed by atoms with E-state index in [4.69, 9.17) is 11.6 Å². The zero-order valence-corrected chi connectivity index (χ0v) is 16.6. The smallest absolute Gasteiger partial charge is 0.283 e. The van der Waals surface area contributed by atoms with E-state index < -0.39 is 5.91 Å². The summed E-state index contributed by atoms with van der Waals surface area (Å²) in [6.07, 6.45) is 1.37. The van der Waals surface area contributed by atoms with Crippen molar-refractivity contribution in [2.24, 2.45) is 5.10 Å². The SMILES string of the molecule is O=C(N/N=C\c1cc(Br)cc(Br)c1O)c1sc2ccccc2c1Cl. The number of hydrazone groups is 1. The van der Waals surface area contributed by atoms with Crippen LogP contribution in [0.15, 0.2) is 50.4 Å². The van der Waals surface area contributed by atoms with E-state index in [2.05, 4.69) is 42.4 Å². The molecule has 0 unspecified atom stereocenters. The second-order valence-corrected chi connectivity index (χ2v) is 7.97. The molecule has 1 aromatic heterocycles. The van der Waals surface area contributed by atoms with Crippen LogP contribution in [0.2, 0.25) is 5.02 Å². The number of rotatable bonds is 3. The van der Waals surface area contributed by atoms with Crippen molar-refractivity contribution in [1.29, 1.82) is 0 Å². The van der Waals surface area contributed by atoms with Gasteiger partial charge < -0.3 is 5.11 Å². The van der Waals surface area contributed by atoms with Gasteiger partial charge in [-0.15, -0.1) is 11.3 Å². The Balaban J connectivity index is 1.81. The van der Waals surface area contributed by atoms with E-state index in [1.165, 1.54) is 17.6 Å². The Morgan fingerprint density at radius 3 is 2.79 bits per heavy atom. The number of hydrogen-bond acceptors (Lipinski definition) is 4. The van der Waals surface area contributed by atoms with E-state index in [1.54, 1.807) is 12.1 Å². The molecule has 0 aliphatic heterocycles. The first-order chi connectivity index (χ1) is 11.5. The maximum atomic E-state index is 12.3. The predicted octanol–water partition coefficient (Wildman–Crippen LogP) is 5.55. The number of amides is 1. The highest BCUT2D eigenvalue weighted by Gasteiger charge is 2.16. The van der Waals surface area contributed by atoms with Gasteiger partial charge >= 0.3 is 0 Å². The van der Waals surface area contributed by atoms with Crippen molar-refractivity contribution in [3.05, 3.63) is 60.8 Å². The molecule has 4 nitrogen and oxygen atoms in total. The number of phenols is 1. The second kappa shape index (κ2) is 7.23. The summed E-state index contributed by atoms with van der Waals surface area (Å²) in [7, 11) is 0. The number of carbonyl (C=O) groups excluding carboxylic acids is 1. The van der Waals surface area contributed by atoms with E-state index in [0.717, 1.165) is 14.6 Å². The van der Waals surface area contributed by atoms with Gasteiger partial charge in [-0.05, 0) is 34.1 Å². The maximum Gasteiger partial charge on any atom is 0.283 e. The summed E-state index contributed by atoms with van der Waals surface area (Å²) in [5.74, 6) is -0.359. The lowest BCUT2D eigenvalue weighted by molar-refractivity contribution is 0.0959. The Bertz CT molecular complexity index is 972. The number of benzene rings is 2. The Morgan fingerprint density at radius 2 is 2.04 bits per heavy atom. The fourth-order valence-electron chi connectivity index (χ4n) is 2.06. The Morgan fingerprint density at radius 1 is 1.29 bits per heavy atom. The highest BCUT2D eigenvalue weighted by Crippen LogP contribution is 2.35. The van der Waals surface area contributed by atoms with Gasteiger partial charge in [0.15, 0.2) is 0 Å². The van der Waals surface area contributed by atoms with Crippen LogP contribution in [-0.4, -0.2) is 17.2 Å². The zero-order chi connectivity index (χ0) is 17.3. The molecule has 1 amide bonds. The first kappa shape index (κ1) is 17.4. The molecule has 8 heteroatoms. The highest BCUT2D eigenvalue weighted by atomic mass is 79.9. The molecule has 0 bridgehead atoms. The van der Waals surface area contributed by atoms with E-state index >= 15 is 0 Å². The second-order valence-electron chi connectivity index (χ2n) is 4.77. The highest BCUT2D eigenvalue weighted by molar-refractivity contribution is 9.11. The molecule has 0 atom stereocenters. The van der Waals surface area contributed by atoms with Crippen molar-refractivity contribution in [3.8, 4) is 5.75 Å². The molecule has 0 spiro atoms. The number of aromatic hydroxyl groups is 1. The van der Waals surface area contributed by atoms with Crippen LogP contribution < -0.4 is 5.43 Å². The molecule has 0 aliphatic carbocycles. The van der Waals surface area contributed by atoms with Gasteiger partial charge in [0, 0.05) is 20.1 Å². The van der Waals surface area contributed by atoms with Gasteiger partial charge in [-0.3, -0.25) is 4.79 Å². The van der Waals surface area contributed by atoms with Crippen LogP contribution in [0, 0.1) is 0 Å². The lowest BCUT2D eigenvalue weighted by atomic mass is 10.2. The summed E-state index contributed by atoms with van der Waals surface area (Å²) in [4.78, 5) is 12.7. The Labute approximate surface area is 163 Å². The van der Waals surface area contributed by atoms with Gasteiger partial charge in [0.05, 0.1) is 15.7 Å². The fourth-order valence-corrected chi connectivity index (χ4v) is 4.72. The maximum absolute atomic E-state index is 12.3. The van der Waals surface area contributed by atoms with Gasteiger partial charge in [0.1, 0.15) is 10.6 Å². The normalized spacial score (nSPS) is 11.3. The van der Waals surface area contributed by atoms with Crippen LogP contribution in [0.5, 0.6) is 5.75 Å². The number of hydrogen-bond donors (Lipinski definition) is 2. The average molecular weight is 489 g/mol. The van der Waals surface area contributed by atoms with Crippen molar-refractivity contribution in [1.82, 2.24) is 5.43 Å². The van der Waals surface area contributed by atoms with Gasteiger partial charge in [-0.25, -0.2) is 5.43 Å². The van der Waals surface area contributed by atoms with Crippen LogP contribution in [0.25, 0.3) is 10.1 Å². The number of thiophene rings is 1. The van der Waals surface area contributed by atoms with Crippen molar-refractivity contribution in [3.63, 3.8) is 0 Å². The minimum atomic E-state index is -0.397. The molecule has 1 heterocycles. The Hall–Kier alpha value is -1.41. The third-order valence-corrected chi connectivity index (χ3v) is 5.91. The molecule has 3 rings (SSSR count). The molecule has 2 aromatic carbocycles. The molecule has 24 heavy (non-hydrogen) atoms. The molecule has 122 valence electrons. The van der Waals surface area contributed by atoms with Gasteiger partial charge in [0.2, 0.25) is 0 Å². The molecular formula is C16H9Br2ClN2O2S. The van der Waals surface area contributed by atoms with Crippen molar-refractivity contribution in [2.75, 3.05) is 0 Å². The molecule has 0 radical (unpaired) electrons. The number of nitrogens with one attached hydrogen (secondary N) is 1. The predicted molar refractivity (Wildman–Crippen MR) is 105 cm³/mol.